The average Bonchev–Trinajstić information content (AvgIpc) is 2.38. The van der Waals surface area contributed by atoms with Crippen molar-refractivity contribution in [2.24, 2.45) is 23.7 Å². The lowest BCUT2D eigenvalue weighted by Gasteiger charge is -2.24. The molecule has 0 aliphatic heterocycles. The van der Waals surface area contributed by atoms with Gasteiger partial charge in [0, 0.05) is 6.61 Å². The highest BCUT2D eigenvalue weighted by Gasteiger charge is 2.18. The molecule has 0 aromatic carbocycles. The van der Waals surface area contributed by atoms with Gasteiger partial charge in [0.25, 0.3) is 0 Å². The molecule has 2 N–H and O–H groups in total. The first kappa shape index (κ1) is 19.9. The van der Waals surface area contributed by atoms with E-state index in [1.54, 1.807) is 0 Å². The normalized spacial score (nSPS) is 19.4. The number of hydrogen-bond donors (Lipinski definition) is 2. The second-order valence-corrected chi connectivity index (χ2v) is 7.23. The van der Waals surface area contributed by atoms with Gasteiger partial charge in [-0.25, -0.2) is 0 Å². The van der Waals surface area contributed by atoms with Crippen molar-refractivity contribution >= 4 is 0 Å². The number of aliphatic hydroxyl groups excluding tert-OH is 2. The third kappa shape index (κ3) is 9.77. The summed E-state index contributed by atoms with van der Waals surface area (Å²) in [4.78, 5) is 0. The summed E-state index contributed by atoms with van der Waals surface area (Å²) in [5.74, 6) is 2.27. The molecule has 0 aromatic heterocycles. The Morgan fingerprint density at radius 3 is 2.00 bits per heavy atom. The molecule has 2 heteroatoms. The van der Waals surface area contributed by atoms with Gasteiger partial charge in [0.1, 0.15) is 0 Å². The summed E-state index contributed by atoms with van der Waals surface area (Å²) in [6.45, 7) is 11.4. The quantitative estimate of drug-likeness (QED) is 0.549. The minimum absolute atomic E-state index is 0.176. The Bertz CT molecular complexity index is 217. The molecule has 0 bridgehead atoms. The van der Waals surface area contributed by atoms with Gasteiger partial charge in [-0.15, -0.1) is 0 Å². The molecule has 0 heterocycles. The molecule has 2 nitrogen and oxygen atoms in total. The Kier molecular flexibility index (Phi) is 11.5. The van der Waals surface area contributed by atoms with Gasteiger partial charge < -0.3 is 10.2 Å². The predicted octanol–water partition coefficient (Wildman–Crippen LogP) is 4.63. The molecule has 0 saturated heterocycles. The molecule has 5 atom stereocenters. The van der Waals surface area contributed by atoms with Gasteiger partial charge in [0.15, 0.2) is 0 Å². The molecule has 0 aromatic rings. The molecule has 20 heavy (non-hydrogen) atoms. The summed E-state index contributed by atoms with van der Waals surface area (Å²) < 4.78 is 0. The van der Waals surface area contributed by atoms with Crippen LogP contribution in [0.25, 0.3) is 0 Å². The zero-order valence-electron chi connectivity index (χ0n) is 14.4. The molecule has 0 fully saturated rings. The minimum atomic E-state index is -0.176. The topological polar surface area (TPSA) is 40.5 Å². The fourth-order valence-corrected chi connectivity index (χ4v) is 3.24. The van der Waals surface area contributed by atoms with Crippen LogP contribution in [0, 0.1) is 23.7 Å². The number of hydrogen-bond acceptors (Lipinski definition) is 2. The van der Waals surface area contributed by atoms with Crippen molar-refractivity contribution in [3.63, 3.8) is 0 Å². The van der Waals surface area contributed by atoms with Crippen LogP contribution >= 0.6 is 0 Å². The third-order valence-electron chi connectivity index (χ3n) is 4.53. The highest BCUT2D eigenvalue weighted by Crippen LogP contribution is 2.25. The van der Waals surface area contributed by atoms with Crippen LogP contribution in [0.3, 0.4) is 0 Å². The summed E-state index contributed by atoms with van der Waals surface area (Å²) in [6, 6.07) is 0. The van der Waals surface area contributed by atoms with Crippen LogP contribution in [0.4, 0.5) is 0 Å². The lowest BCUT2D eigenvalue weighted by Crippen LogP contribution is -2.21. The fraction of sp³-hybridized carbons (Fsp3) is 1.00. The van der Waals surface area contributed by atoms with Crippen molar-refractivity contribution in [2.75, 3.05) is 6.61 Å². The lowest BCUT2D eigenvalue weighted by atomic mass is 9.84. The monoisotopic (exact) mass is 286 g/mol. The second-order valence-electron chi connectivity index (χ2n) is 7.23. The zero-order valence-corrected chi connectivity index (χ0v) is 14.4. The Morgan fingerprint density at radius 1 is 0.800 bits per heavy atom. The molecular formula is C18H38O2. The molecule has 0 radical (unpaired) electrons. The first-order chi connectivity index (χ1) is 9.40. The average molecular weight is 286 g/mol. The van der Waals surface area contributed by atoms with E-state index >= 15 is 0 Å². The van der Waals surface area contributed by atoms with Crippen molar-refractivity contribution in [1.29, 1.82) is 0 Å². The lowest BCUT2D eigenvalue weighted by molar-refractivity contribution is 0.0873. The van der Waals surface area contributed by atoms with E-state index in [0.717, 1.165) is 31.6 Å². The number of rotatable bonds is 12. The molecule has 5 unspecified atom stereocenters. The van der Waals surface area contributed by atoms with Crippen LogP contribution in [0.5, 0.6) is 0 Å². The van der Waals surface area contributed by atoms with E-state index in [2.05, 4.69) is 34.6 Å². The van der Waals surface area contributed by atoms with E-state index in [1.165, 1.54) is 19.3 Å². The molecule has 0 saturated carbocycles. The highest BCUT2D eigenvalue weighted by molar-refractivity contribution is 4.70. The summed E-state index contributed by atoms with van der Waals surface area (Å²) in [5.41, 5.74) is 0. The van der Waals surface area contributed by atoms with Gasteiger partial charge >= 0.3 is 0 Å². The van der Waals surface area contributed by atoms with Gasteiger partial charge in [-0.2, -0.15) is 0 Å². The Hall–Kier alpha value is -0.0800. The maximum absolute atomic E-state index is 10.2. The summed E-state index contributed by atoms with van der Waals surface area (Å²) >= 11 is 0. The first-order valence-corrected chi connectivity index (χ1v) is 8.69. The van der Waals surface area contributed by atoms with E-state index in [1.807, 2.05) is 0 Å². The molecular weight excluding hydrogens is 248 g/mol. The van der Waals surface area contributed by atoms with Crippen molar-refractivity contribution in [3.8, 4) is 0 Å². The van der Waals surface area contributed by atoms with Gasteiger partial charge in [-0.3, -0.25) is 0 Å². The summed E-state index contributed by atoms with van der Waals surface area (Å²) in [6.07, 6.45) is 7.75. The number of aliphatic hydroxyl groups is 2. The SMILES string of the molecule is CCCC(C)CC(C)CC(C)C(O)CCCC(C)CO. The molecule has 122 valence electrons. The van der Waals surface area contributed by atoms with Gasteiger partial charge in [-0.05, 0) is 49.4 Å². The van der Waals surface area contributed by atoms with Crippen LogP contribution in [0.2, 0.25) is 0 Å². The molecule has 0 amide bonds. The van der Waals surface area contributed by atoms with Crippen molar-refractivity contribution in [1.82, 2.24) is 0 Å². The maximum atomic E-state index is 10.2. The summed E-state index contributed by atoms with van der Waals surface area (Å²) in [7, 11) is 0. The molecule has 0 spiro atoms. The van der Waals surface area contributed by atoms with Crippen molar-refractivity contribution < 1.29 is 10.2 Å². The zero-order chi connectivity index (χ0) is 15.5. The van der Waals surface area contributed by atoms with E-state index in [0.29, 0.717) is 17.8 Å². The Morgan fingerprint density at radius 2 is 1.45 bits per heavy atom. The van der Waals surface area contributed by atoms with Crippen LogP contribution in [0.1, 0.15) is 79.6 Å². The Labute approximate surface area is 127 Å². The van der Waals surface area contributed by atoms with Gasteiger partial charge in [-0.1, -0.05) is 53.9 Å². The van der Waals surface area contributed by atoms with Crippen molar-refractivity contribution in [3.05, 3.63) is 0 Å². The summed E-state index contributed by atoms with van der Waals surface area (Å²) in [5, 5.41) is 19.2. The smallest absolute Gasteiger partial charge is 0.0565 e. The maximum Gasteiger partial charge on any atom is 0.0565 e. The van der Waals surface area contributed by atoms with E-state index in [4.69, 9.17) is 5.11 Å². The van der Waals surface area contributed by atoms with Crippen LogP contribution in [-0.4, -0.2) is 22.9 Å². The highest BCUT2D eigenvalue weighted by atomic mass is 16.3. The van der Waals surface area contributed by atoms with Crippen LogP contribution < -0.4 is 0 Å². The van der Waals surface area contributed by atoms with E-state index < -0.39 is 0 Å². The van der Waals surface area contributed by atoms with E-state index in [-0.39, 0.29) is 12.7 Å². The van der Waals surface area contributed by atoms with Gasteiger partial charge in [0.05, 0.1) is 6.10 Å². The first-order valence-electron chi connectivity index (χ1n) is 8.69. The Balaban J connectivity index is 3.85. The van der Waals surface area contributed by atoms with Crippen LogP contribution in [0.15, 0.2) is 0 Å². The molecule has 0 aliphatic rings. The minimum Gasteiger partial charge on any atom is -0.396 e. The van der Waals surface area contributed by atoms with Gasteiger partial charge in [0.2, 0.25) is 0 Å². The predicted molar refractivity (Wildman–Crippen MR) is 87.7 cm³/mol. The fourth-order valence-electron chi connectivity index (χ4n) is 3.24. The van der Waals surface area contributed by atoms with E-state index in [9.17, 15) is 5.11 Å². The largest absolute Gasteiger partial charge is 0.396 e. The standard InChI is InChI=1S/C18H38O2/c1-6-8-14(2)11-16(4)12-17(5)18(20)10-7-9-15(3)13-19/h14-20H,6-13H2,1-5H3. The van der Waals surface area contributed by atoms with Crippen LogP contribution in [-0.2, 0) is 0 Å². The molecule has 0 aliphatic carbocycles. The third-order valence-corrected chi connectivity index (χ3v) is 4.53. The molecule has 0 rings (SSSR count). The van der Waals surface area contributed by atoms with Crippen molar-refractivity contribution in [2.45, 2.75) is 85.7 Å². The second kappa shape index (κ2) is 11.6.